The minimum absolute atomic E-state index is 0.0834. The molecule has 0 aliphatic rings. The molecule has 2 aromatic heterocycles. The van der Waals surface area contributed by atoms with Gasteiger partial charge in [-0.2, -0.15) is 0 Å². The summed E-state index contributed by atoms with van der Waals surface area (Å²) in [7, 11) is 2.15. The molecular formula is C16H19NOS2. The fourth-order valence-electron chi connectivity index (χ4n) is 1.97. The number of likely N-dealkylation sites (N-methyl/N-ethyl adjacent to an activating group) is 1. The molecule has 2 heterocycles. The molecule has 2 aromatic rings. The molecule has 0 fully saturated rings. The second kappa shape index (κ2) is 7.61. The van der Waals surface area contributed by atoms with Gasteiger partial charge in [-0.3, -0.25) is 4.90 Å². The van der Waals surface area contributed by atoms with Crippen LogP contribution in [0.15, 0.2) is 29.0 Å². The lowest BCUT2D eigenvalue weighted by Crippen LogP contribution is -2.30. The largest absolute Gasteiger partial charge is 0.384 e. The van der Waals surface area contributed by atoms with Crippen molar-refractivity contribution in [3.05, 3.63) is 44.3 Å². The van der Waals surface area contributed by atoms with Crippen LogP contribution in [0, 0.1) is 11.8 Å². The highest BCUT2D eigenvalue weighted by molar-refractivity contribution is 7.10. The SMILES string of the molecule is CC(Cc1cccs1)N(C)Cc1sccc1C#CCO. The van der Waals surface area contributed by atoms with Crippen LogP contribution >= 0.6 is 22.7 Å². The van der Waals surface area contributed by atoms with Gasteiger partial charge in [0.05, 0.1) is 0 Å². The van der Waals surface area contributed by atoms with Crippen LogP contribution in [-0.2, 0) is 13.0 Å². The number of aliphatic hydroxyl groups excluding tert-OH is 1. The number of aliphatic hydroxyl groups is 1. The van der Waals surface area contributed by atoms with Crippen LogP contribution < -0.4 is 0 Å². The first-order chi connectivity index (χ1) is 9.70. The lowest BCUT2D eigenvalue weighted by Gasteiger charge is -2.24. The highest BCUT2D eigenvalue weighted by Gasteiger charge is 2.13. The molecule has 0 aliphatic heterocycles. The van der Waals surface area contributed by atoms with Crippen molar-refractivity contribution in [1.82, 2.24) is 4.90 Å². The van der Waals surface area contributed by atoms with Gasteiger partial charge >= 0.3 is 0 Å². The molecule has 0 amide bonds. The molecule has 0 spiro atoms. The highest BCUT2D eigenvalue weighted by atomic mass is 32.1. The zero-order valence-corrected chi connectivity index (χ0v) is 13.4. The van der Waals surface area contributed by atoms with Crippen molar-refractivity contribution >= 4 is 22.7 Å². The Labute approximate surface area is 128 Å². The van der Waals surface area contributed by atoms with Gasteiger partial charge in [-0.15, -0.1) is 22.7 Å². The van der Waals surface area contributed by atoms with Crippen molar-refractivity contribution in [2.45, 2.75) is 25.9 Å². The van der Waals surface area contributed by atoms with Crippen LogP contribution in [0.1, 0.15) is 22.2 Å². The topological polar surface area (TPSA) is 23.5 Å². The third kappa shape index (κ3) is 4.19. The summed E-state index contributed by atoms with van der Waals surface area (Å²) in [6, 6.07) is 6.82. The molecule has 106 valence electrons. The predicted octanol–water partition coefficient (Wildman–Crippen LogP) is 3.22. The summed E-state index contributed by atoms with van der Waals surface area (Å²) in [4.78, 5) is 5.05. The summed E-state index contributed by atoms with van der Waals surface area (Å²) in [6.07, 6.45) is 1.08. The molecular weight excluding hydrogens is 286 g/mol. The van der Waals surface area contributed by atoms with Gasteiger partial charge in [0.25, 0.3) is 0 Å². The van der Waals surface area contributed by atoms with E-state index in [-0.39, 0.29) is 6.61 Å². The second-order valence-electron chi connectivity index (χ2n) is 4.76. The van der Waals surface area contributed by atoms with Crippen molar-refractivity contribution in [2.24, 2.45) is 0 Å². The zero-order chi connectivity index (χ0) is 14.4. The van der Waals surface area contributed by atoms with Crippen LogP contribution in [-0.4, -0.2) is 29.7 Å². The lowest BCUT2D eigenvalue weighted by atomic mass is 10.1. The van der Waals surface area contributed by atoms with Crippen molar-refractivity contribution in [2.75, 3.05) is 13.7 Å². The maximum absolute atomic E-state index is 8.79. The van der Waals surface area contributed by atoms with Crippen molar-refractivity contribution in [3.63, 3.8) is 0 Å². The minimum atomic E-state index is -0.0834. The van der Waals surface area contributed by atoms with Crippen molar-refractivity contribution in [3.8, 4) is 11.8 Å². The first kappa shape index (κ1) is 15.3. The summed E-state index contributed by atoms with van der Waals surface area (Å²) >= 11 is 3.55. The highest BCUT2D eigenvalue weighted by Crippen LogP contribution is 2.20. The number of hydrogen-bond acceptors (Lipinski definition) is 4. The molecule has 1 N–H and O–H groups in total. The van der Waals surface area contributed by atoms with Crippen LogP contribution in [0.3, 0.4) is 0 Å². The van der Waals surface area contributed by atoms with Gasteiger partial charge in [0, 0.05) is 27.9 Å². The van der Waals surface area contributed by atoms with Gasteiger partial charge in [-0.1, -0.05) is 17.9 Å². The van der Waals surface area contributed by atoms with Crippen molar-refractivity contribution < 1.29 is 5.11 Å². The van der Waals surface area contributed by atoms with Crippen LogP contribution in [0.2, 0.25) is 0 Å². The lowest BCUT2D eigenvalue weighted by molar-refractivity contribution is 0.251. The van der Waals surface area contributed by atoms with Crippen LogP contribution in [0.4, 0.5) is 0 Å². The molecule has 0 radical (unpaired) electrons. The standard InChI is InChI=1S/C16H19NOS2/c1-13(11-15-6-4-9-19-15)17(2)12-16-14(5-3-8-18)7-10-20-16/h4,6-7,9-10,13,18H,8,11-12H2,1-2H3. The minimum Gasteiger partial charge on any atom is -0.384 e. The molecule has 0 aliphatic carbocycles. The predicted molar refractivity (Wildman–Crippen MR) is 87.2 cm³/mol. The first-order valence-electron chi connectivity index (χ1n) is 6.59. The number of hydrogen-bond donors (Lipinski definition) is 1. The maximum Gasteiger partial charge on any atom is 0.104 e. The van der Waals surface area contributed by atoms with E-state index in [2.05, 4.69) is 53.6 Å². The summed E-state index contributed by atoms with van der Waals surface area (Å²) < 4.78 is 0. The molecule has 0 saturated heterocycles. The number of nitrogens with zero attached hydrogens (tertiary/aromatic N) is 1. The van der Waals surface area contributed by atoms with E-state index in [1.165, 1.54) is 9.75 Å². The summed E-state index contributed by atoms with van der Waals surface area (Å²) in [5.41, 5.74) is 1.04. The Bertz CT molecular complexity index is 577. The molecule has 1 unspecified atom stereocenters. The van der Waals surface area contributed by atoms with E-state index in [9.17, 15) is 0 Å². The van der Waals surface area contributed by atoms with Gasteiger partial charge < -0.3 is 5.11 Å². The number of rotatable bonds is 5. The Kier molecular flexibility index (Phi) is 5.81. The average Bonchev–Trinajstić information content (AvgIpc) is 3.08. The van der Waals surface area contributed by atoms with Crippen LogP contribution in [0.25, 0.3) is 0 Å². The van der Waals surface area contributed by atoms with Gasteiger partial charge in [0.15, 0.2) is 0 Å². The Morgan fingerprint density at radius 2 is 2.15 bits per heavy atom. The summed E-state index contributed by atoms with van der Waals surface area (Å²) in [5.74, 6) is 5.74. The molecule has 4 heteroatoms. The Hall–Kier alpha value is -1.12. The van der Waals surface area contributed by atoms with Gasteiger partial charge in [0.2, 0.25) is 0 Å². The van der Waals surface area contributed by atoms with E-state index in [0.29, 0.717) is 6.04 Å². The monoisotopic (exact) mass is 305 g/mol. The molecule has 0 saturated carbocycles. The van der Waals surface area contributed by atoms with Crippen molar-refractivity contribution in [1.29, 1.82) is 0 Å². The Morgan fingerprint density at radius 3 is 2.85 bits per heavy atom. The van der Waals surface area contributed by atoms with Gasteiger partial charge in [0.1, 0.15) is 6.61 Å². The Morgan fingerprint density at radius 1 is 1.30 bits per heavy atom. The van der Waals surface area contributed by atoms with E-state index in [4.69, 9.17) is 5.11 Å². The van der Waals surface area contributed by atoms with Crippen LogP contribution in [0.5, 0.6) is 0 Å². The van der Waals surface area contributed by atoms with E-state index in [1.54, 1.807) is 11.3 Å². The van der Waals surface area contributed by atoms with E-state index in [0.717, 1.165) is 18.5 Å². The first-order valence-corrected chi connectivity index (χ1v) is 8.35. The zero-order valence-electron chi connectivity index (χ0n) is 11.8. The average molecular weight is 305 g/mol. The summed E-state index contributed by atoms with van der Waals surface area (Å²) in [6.45, 7) is 3.08. The third-order valence-electron chi connectivity index (χ3n) is 3.27. The smallest absolute Gasteiger partial charge is 0.104 e. The van der Waals surface area contributed by atoms with Gasteiger partial charge in [-0.05, 0) is 43.3 Å². The molecule has 0 aromatic carbocycles. The molecule has 2 nitrogen and oxygen atoms in total. The maximum atomic E-state index is 8.79. The fraction of sp³-hybridized carbons (Fsp3) is 0.375. The molecule has 1 atom stereocenters. The molecule has 20 heavy (non-hydrogen) atoms. The summed E-state index contributed by atoms with van der Waals surface area (Å²) in [5, 5.41) is 13.0. The Balaban J connectivity index is 1.97. The number of thiophene rings is 2. The molecule has 0 bridgehead atoms. The quantitative estimate of drug-likeness (QED) is 0.858. The van der Waals surface area contributed by atoms with Gasteiger partial charge in [-0.25, -0.2) is 0 Å². The van der Waals surface area contributed by atoms with E-state index >= 15 is 0 Å². The second-order valence-corrected chi connectivity index (χ2v) is 6.80. The third-order valence-corrected chi connectivity index (χ3v) is 5.07. The normalized spacial score (nSPS) is 12.2. The molecule has 2 rings (SSSR count). The van der Waals surface area contributed by atoms with E-state index in [1.807, 2.05) is 17.4 Å². The van der Waals surface area contributed by atoms with E-state index < -0.39 is 0 Å². The fourth-order valence-corrected chi connectivity index (χ4v) is 3.69.